The summed E-state index contributed by atoms with van der Waals surface area (Å²) >= 11 is 1.68. The number of rotatable bonds is 6. The summed E-state index contributed by atoms with van der Waals surface area (Å²) in [7, 11) is 0. The van der Waals surface area contributed by atoms with Crippen molar-refractivity contribution in [2.24, 2.45) is 0 Å². The Morgan fingerprint density at radius 3 is 2.59 bits per heavy atom. The lowest BCUT2D eigenvalue weighted by Crippen LogP contribution is -2.44. The molecule has 0 aliphatic carbocycles. The van der Waals surface area contributed by atoms with Gasteiger partial charge in [-0.15, -0.1) is 11.3 Å². The van der Waals surface area contributed by atoms with Crippen molar-refractivity contribution >= 4 is 23.2 Å². The van der Waals surface area contributed by atoms with Crippen LogP contribution in [0.3, 0.4) is 0 Å². The zero-order chi connectivity index (χ0) is 21.0. The van der Waals surface area contributed by atoms with Gasteiger partial charge < -0.3 is 9.30 Å². The van der Waals surface area contributed by atoms with E-state index in [1.165, 1.54) is 4.88 Å². The smallest absolute Gasteiger partial charge is 0.276 e. The van der Waals surface area contributed by atoms with Gasteiger partial charge in [0.1, 0.15) is 5.75 Å². The molecule has 0 atom stereocenters. The number of hydrogen-bond acceptors (Lipinski definition) is 4. The molecule has 3 aromatic rings. The quantitative estimate of drug-likeness (QED) is 0.608. The van der Waals surface area contributed by atoms with E-state index in [4.69, 9.17) is 4.74 Å². The van der Waals surface area contributed by atoms with Crippen LogP contribution < -0.4 is 15.6 Å². The summed E-state index contributed by atoms with van der Waals surface area (Å²) in [4.78, 5) is 25.8. The molecule has 2 heterocycles. The summed E-state index contributed by atoms with van der Waals surface area (Å²) in [5, 5.41) is 2.03. The molecule has 0 saturated heterocycles. The third-order valence-electron chi connectivity index (χ3n) is 4.73. The van der Waals surface area contributed by atoms with Gasteiger partial charge in [-0.1, -0.05) is 18.2 Å². The van der Waals surface area contributed by atoms with E-state index in [1.54, 1.807) is 11.3 Å². The fraction of sp³-hybridized carbons (Fsp3) is 0.273. The monoisotopic (exact) mass is 411 g/mol. The Bertz CT molecular complexity index is 1020. The second-order valence-electron chi connectivity index (χ2n) is 7.01. The first-order valence-corrected chi connectivity index (χ1v) is 10.2. The molecule has 0 radical (unpaired) electrons. The van der Waals surface area contributed by atoms with Crippen LogP contribution in [-0.4, -0.2) is 23.0 Å². The van der Waals surface area contributed by atoms with Gasteiger partial charge in [-0.3, -0.25) is 20.4 Å². The number of amides is 2. The van der Waals surface area contributed by atoms with Gasteiger partial charge in [0.15, 0.2) is 6.61 Å². The van der Waals surface area contributed by atoms with Crippen LogP contribution in [0.15, 0.2) is 41.8 Å². The Kier molecular flexibility index (Phi) is 6.39. The van der Waals surface area contributed by atoms with Crippen molar-refractivity contribution in [2.75, 3.05) is 6.61 Å². The molecule has 7 heteroatoms. The maximum absolute atomic E-state index is 12.5. The van der Waals surface area contributed by atoms with Gasteiger partial charge in [0, 0.05) is 16.3 Å². The van der Waals surface area contributed by atoms with Gasteiger partial charge in [-0.25, -0.2) is 0 Å². The summed E-state index contributed by atoms with van der Waals surface area (Å²) in [6.45, 7) is 8.29. The third kappa shape index (κ3) is 5.06. The van der Waals surface area contributed by atoms with Crippen molar-refractivity contribution in [2.45, 2.75) is 34.2 Å². The van der Waals surface area contributed by atoms with Crippen LogP contribution in [0.2, 0.25) is 0 Å². The molecule has 1 aromatic carbocycles. The number of hydrazine groups is 1. The molecule has 0 saturated carbocycles. The number of thiophene rings is 1. The molecule has 2 N–H and O–H groups in total. The molecule has 2 aromatic heterocycles. The molecule has 2 amide bonds. The Balaban J connectivity index is 1.56. The number of aryl methyl sites for hydroxylation is 3. The van der Waals surface area contributed by atoms with E-state index in [-0.39, 0.29) is 12.5 Å². The van der Waals surface area contributed by atoms with Crippen LogP contribution in [0.25, 0.3) is 0 Å². The molecule has 0 bridgehead atoms. The maximum atomic E-state index is 12.5. The van der Waals surface area contributed by atoms with Crippen molar-refractivity contribution in [3.63, 3.8) is 0 Å². The van der Waals surface area contributed by atoms with E-state index in [0.29, 0.717) is 11.3 Å². The highest BCUT2D eigenvalue weighted by molar-refractivity contribution is 7.09. The fourth-order valence-corrected chi connectivity index (χ4v) is 3.76. The van der Waals surface area contributed by atoms with Gasteiger partial charge in [-0.05, 0) is 62.4 Å². The number of aromatic nitrogens is 1. The van der Waals surface area contributed by atoms with Crippen molar-refractivity contribution in [3.8, 4) is 5.75 Å². The number of carbonyl (C=O) groups excluding carboxylic acids is 2. The van der Waals surface area contributed by atoms with E-state index in [1.807, 2.05) is 63.4 Å². The van der Waals surface area contributed by atoms with E-state index in [2.05, 4.69) is 21.5 Å². The number of benzene rings is 1. The highest BCUT2D eigenvalue weighted by Crippen LogP contribution is 2.20. The van der Waals surface area contributed by atoms with Crippen LogP contribution in [-0.2, 0) is 11.3 Å². The predicted octanol–water partition coefficient (Wildman–Crippen LogP) is 3.67. The third-order valence-corrected chi connectivity index (χ3v) is 5.59. The molecule has 0 unspecified atom stereocenters. The van der Waals surface area contributed by atoms with E-state index >= 15 is 0 Å². The maximum Gasteiger partial charge on any atom is 0.276 e. The zero-order valence-corrected chi connectivity index (χ0v) is 17.9. The molecular formula is C22H25N3O3S. The minimum absolute atomic E-state index is 0.179. The van der Waals surface area contributed by atoms with Crippen LogP contribution in [0, 0.1) is 27.7 Å². The molecule has 0 aliphatic heterocycles. The summed E-state index contributed by atoms with van der Waals surface area (Å²) in [5.41, 5.74) is 9.27. The topological polar surface area (TPSA) is 72.4 Å². The van der Waals surface area contributed by atoms with Gasteiger partial charge in [0.25, 0.3) is 11.8 Å². The minimum Gasteiger partial charge on any atom is -0.483 e. The molecule has 6 nitrogen and oxygen atoms in total. The van der Waals surface area contributed by atoms with E-state index in [0.717, 1.165) is 29.1 Å². The Hall–Kier alpha value is -3.06. The van der Waals surface area contributed by atoms with Crippen molar-refractivity contribution in [1.82, 2.24) is 15.4 Å². The molecule has 3 rings (SSSR count). The standard InChI is InChI=1S/C22H25N3O3S/c1-14-7-8-15(2)20(10-14)28-13-21(26)23-24-22(27)19-11-16(3)25(17(19)4)12-18-6-5-9-29-18/h5-11H,12-13H2,1-4H3,(H,23,26)(H,24,27). The average Bonchev–Trinajstić information content (AvgIpc) is 3.30. The molecule has 0 spiro atoms. The van der Waals surface area contributed by atoms with Crippen LogP contribution >= 0.6 is 11.3 Å². The first-order valence-electron chi connectivity index (χ1n) is 9.33. The lowest BCUT2D eigenvalue weighted by atomic mass is 10.1. The normalized spacial score (nSPS) is 10.6. The summed E-state index contributed by atoms with van der Waals surface area (Å²) in [6.07, 6.45) is 0. The van der Waals surface area contributed by atoms with Gasteiger partial charge >= 0.3 is 0 Å². The highest BCUT2D eigenvalue weighted by Gasteiger charge is 2.17. The summed E-state index contributed by atoms with van der Waals surface area (Å²) in [6, 6.07) is 11.7. The lowest BCUT2D eigenvalue weighted by molar-refractivity contribution is -0.123. The van der Waals surface area contributed by atoms with Crippen molar-refractivity contribution < 1.29 is 14.3 Å². The second kappa shape index (κ2) is 8.96. The first kappa shape index (κ1) is 20.7. The SMILES string of the molecule is Cc1ccc(C)c(OCC(=O)NNC(=O)c2cc(C)n(Cc3cccs3)c2C)c1. The highest BCUT2D eigenvalue weighted by atomic mass is 32.1. The number of nitrogens with one attached hydrogen (secondary N) is 2. The molecule has 0 aliphatic rings. The predicted molar refractivity (Wildman–Crippen MR) is 114 cm³/mol. The molecule has 152 valence electrons. The van der Waals surface area contributed by atoms with Crippen LogP contribution in [0.4, 0.5) is 0 Å². The molecule has 29 heavy (non-hydrogen) atoms. The summed E-state index contributed by atoms with van der Waals surface area (Å²) < 4.78 is 7.65. The van der Waals surface area contributed by atoms with Gasteiger partial charge in [0.2, 0.25) is 0 Å². The molecular weight excluding hydrogens is 386 g/mol. The Labute approximate surface area is 174 Å². The number of hydrogen-bond donors (Lipinski definition) is 2. The number of nitrogens with zero attached hydrogens (tertiary/aromatic N) is 1. The molecule has 0 fully saturated rings. The number of carbonyl (C=O) groups is 2. The fourth-order valence-electron chi connectivity index (χ4n) is 3.07. The first-order chi connectivity index (χ1) is 13.8. The van der Waals surface area contributed by atoms with Crippen LogP contribution in [0.5, 0.6) is 5.75 Å². The van der Waals surface area contributed by atoms with E-state index in [9.17, 15) is 9.59 Å². The lowest BCUT2D eigenvalue weighted by Gasteiger charge is -2.11. The second-order valence-corrected chi connectivity index (χ2v) is 8.04. The largest absolute Gasteiger partial charge is 0.483 e. The number of ether oxygens (including phenoxy) is 1. The van der Waals surface area contributed by atoms with Crippen molar-refractivity contribution in [3.05, 3.63) is 74.7 Å². The Morgan fingerprint density at radius 2 is 1.86 bits per heavy atom. The van der Waals surface area contributed by atoms with Gasteiger partial charge in [0.05, 0.1) is 12.1 Å². The van der Waals surface area contributed by atoms with E-state index < -0.39 is 5.91 Å². The van der Waals surface area contributed by atoms with Gasteiger partial charge in [-0.2, -0.15) is 0 Å². The summed E-state index contributed by atoms with van der Waals surface area (Å²) in [5.74, 6) is -0.120. The Morgan fingerprint density at radius 1 is 1.07 bits per heavy atom. The van der Waals surface area contributed by atoms with Crippen molar-refractivity contribution in [1.29, 1.82) is 0 Å². The minimum atomic E-state index is -0.424. The average molecular weight is 412 g/mol. The van der Waals surface area contributed by atoms with Crippen LogP contribution in [0.1, 0.15) is 37.7 Å². The zero-order valence-electron chi connectivity index (χ0n) is 17.0.